The fraction of sp³-hybridized carbons (Fsp3) is 0.520. The third kappa shape index (κ3) is 5.32. The summed E-state index contributed by atoms with van der Waals surface area (Å²) in [7, 11) is 0. The first-order chi connectivity index (χ1) is 16.8. The Labute approximate surface area is 202 Å². The molecule has 5 rings (SSSR count). The maximum atomic E-state index is 12.7. The summed E-state index contributed by atoms with van der Waals surface area (Å²) in [5.74, 6) is 1.19. The van der Waals surface area contributed by atoms with Gasteiger partial charge in [-0.05, 0) is 69.5 Å². The zero-order chi connectivity index (χ0) is 24.6. The second kappa shape index (κ2) is 9.56. The second-order valence-electron chi connectivity index (χ2n) is 9.50. The normalized spacial score (nSPS) is 21.3. The van der Waals surface area contributed by atoms with Gasteiger partial charge in [0.2, 0.25) is 12.2 Å². The molecule has 188 valence electrons. The lowest BCUT2D eigenvalue weighted by Gasteiger charge is -2.33. The Kier molecular flexibility index (Phi) is 6.48. The molecule has 3 aliphatic heterocycles. The third-order valence-corrected chi connectivity index (χ3v) is 6.98. The molecule has 35 heavy (non-hydrogen) atoms. The van der Waals surface area contributed by atoms with E-state index in [0.29, 0.717) is 48.6 Å². The fourth-order valence-electron chi connectivity index (χ4n) is 5.12. The summed E-state index contributed by atoms with van der Waals surface area (Å²) >= 11 is 0. The van der Waals surface area contributed by atoms with E-state index in [1.165, 1.54) is 11.3 Å². The largest absolute Gasteiger partial charge is 0.451 e. The highest BCUT2D eigenvalue weighted by molar-refractivity contribution is 5.96. The number of ether oxygens (including phenoxy) is 2. The molecule has 1 amide bonds. The Morgan fingerprint density at radius 3 is 2.43 bits per heavy atom. The lowest BCUT2D eigenvalue weighted by Crippen LogP contribution is -2.43. The van der Waals surface area contributed by atoms with Crippen molar-refractivity contribution in [2.75, 3.05) is 37.6 Å². The summed E-state index contributed by atoms with van der Waals surface area (Å²) in [6, 6.07) is 7.16. The molecule has 1 aromatic heterocycles. The quantitative estimate of drug-likeness (QED) is 0.677. The van der Waals surface area contributed by atoms with Gasteiger partial charge in [-0.1, -0.05) is 0 Å². The van der Waals surface area contributed by atoms with E-state index in [4.69, 9.17) is 15.2 Å². The predicted octanol–water partition coefficient (Wildman–Crippen LogP) is 4.21. The van der Waals surface area contributed by atoms with Crippen molar-refractivity contribution in [2.24, 2.45) is 11.7 Å². The molecule has 7 nitrogen and oxygen atoms in total. The molecular formula is C25H29F3N4O3. The number of hydrogen-bond acceptors (Lipinski definition) is 6. The molecule has 1 atom stereocenters. The maximum Gasteiger partial charge on any atom is 0.401 e. The van der Waals surface area contributed by atoms with Gasteiger partial charge in [-0.25, -0.2) is 4.98 Å². The second-order valence-corrected chi connectivity index (χ2v) is 9.50. The smallest absolute Gasteiger partial charge is 0.401 e. The molecule has 2 N–H and O–H groups in total. The Hall–Kier alpha value is -3.01. The van der Waals surface area contributed by atoms with E-state index in [1.807, 2.05) is 12.1 Å². The van der Waals surface area contributed by atoms with Gasteiger partial charge in [0.1, 0.15) is 5.82 Å². The summed E-state index contributed by atoms with van der Waals surface area (Å²) in [5, 5.41) is 0. The van der Waals surface area contributed by atoms with Crippen LogP contribution in [0, 0.1) is 5.92 Å². The standard InChI is InChI=1S/C25H29F3N4O3/c26-25(27,28)15-31-10-6-16(7-11-31)24-34-20-13-18(23(29)33)12-19(22(20)35-24)17-4-5-21(30-14-17)32-8-2-1-3-9-32/h4-5,12-14,16,24H,1-3,6-11,15H2,(H2,29,33). The number of nitrogens with two attached hydrogens (primary N) is 1. The average Bonchev–Trinajstić information content (AvgIpc) is 3.28. The van der Waals surface area contributed by atoms with Crippen LogP contribution < -0.4 is 20.1 Å². The number of nitrogens with zero attached hydrogens (tertiary/aromatic N) is 3. The number of alkyl halides is 3. The molecule has 0 spiro atoms. The van der Waals surface area contributed by atoms with Gasteiger partial charge in [0.25, 0.3) is 0 Å². The number of rotatable bonds is 5. The number of hydrogen-bond donors (Lipinski definition) is 1. The number of benzene rings is 1. The van der Waals surface area contributed by atoms with Gasteiger partial charge in [0, 0.05) is 41.9 Å². The molecule has 1 unspecified atom stereocenters. The zero-order valence-corrected chi connectivity index (χ0v) is 19.4. The Balaban J connectivity index is 1.34. The number of likely N-dealkylation sites (tertiary alicyclic amines) is 1. The number of anilines is 1. The van der Waals surface area contributed by atoms with Crippen LogP contribution in [0.15, 0.2) is 30.5 Å². The van der Waals surface area contributed by atoms with Gasteiger partial charge < -0.3 is 20.1 Å². The molecule has 4 heterocycles. The van der Waals surface area contributed by atoms with E-state index >= 15 is 0 Å². The molecule has 2 aromatic rings. The van der Waals surface area contributed by atoms with Gasteiger partial charge >= 0.3 is 6.18 Å². The summed E-state index contributed by atoms with van der Waals surface area (Å²) in [4.78, 5) is 20.3. The predicted molar refractivity (Wildman–Crippen MR) is 125 cm³/mol. The molecule has 10 heteroatoms. The van der Waals surface area contributed by atoms with Crippen molar-refractivity contribution in [3.63, 3.8) is 0 Å². The van der Waals surface area contributed by atoms with Crippen molar-refractivity contribution < 1.29 is 27.4 Å². The number of piperidine rings is 2. The zero-order valence-electron chi connectivity index (χ0n) is 19.4. The number of fused-ring (bicyclic) bond motifs is 1. The van der Waals surface area contributed by atoms with Crippen LogP contribution in [0.2, 0.25) is 0 Å². The molecule has 0 saturated carbocycles. The summed E-state index contributed by atoms with van der Waals surface area (Å²) < 4.78 is 50.4. The molecule has 2 fully saturated rings. The lowest BCUT2D eigenvalue weighted by atomic mass is 9.96. The highest BCUT2D eigenvalue weighted by Gasteiger charge is 2.38. The van der Waals surface area contributed by atoms with Crippen molar-refractivity contribution in [3.05, 3.63) is 36.0 Å². The van der Waals surface area contributed by atoms with E-state index in [9.17, 15) is 18.0 Å². The van der Waals surface area contributed by atoms with Crippen LogP contribution in [-0.2, 0) is 0 Å². The van der Waals surface area contributed by atoms with Gasteiger partial charge in [0.05, 0.1) is 6.54 Å². The minimum Gasteiger partial charge on any atom is -0.451 e. The van der Waals surface area contributed by atoms with Crippen LogP contribution in [0.1, 0.15) is 42.5 Å². The van der Waals surface area contributed by atoms with Crippen molar-refractivity contribution in [1.29, 1.82) is 0 Å². The number of pyridine rings is 1. The Morgan fingerprint density at radius 2 is 1.80 bits per heavy atom. The highest BCUT2D eigenvalue weighted by Crippen LogP contribution is 2.46. The van der Waals surface area contributed by atoms with Crippen molar-refractivity contribution in [3.8, 4) is 22.6 Å². The minimum absolute atomic E-state index is 0.0589. The summed E-state index contributed by atoms with van der Waals surface area (Å²) in [6.45, 7) is 1.72. The Morgan fingerprint density at radius 1 is 1.06 bits per heavy atom. The van der Waals surface area contributed by atoms with Crippen molar-refractivity contribution in [1.82, 2.24) is 9.88 Å². The van der Waals surface area contributed by atoms with E-state index in [1.54, 1.807) is 18.3 Å². The molecule has 0 aliphatic carbocycles. The maximum absolute atomic E-state index is 12.7. The lowest BCUT2D eigenvalue weighted by molar-refractivity contribution is -0.150. The van der Waals surface area contributed by atoms with Crippen LogP contribution >= 0.6 is 0 Å². The first kappa shape index (κ1) is 23.7. The molecule has 1 aromatic carbocycles. The van der Waals surface area contributed by atoms with Crippen molar-refractivity contribution >= 4 is 11.7 Å². The topological polar surface area (TPSA) is 80.9 Å². The first-order valence-corrected chi connectivity index (χ1v) is 12.1. The molecular weight excluding hydrogens is 461 g/mol. The summed E-state index contributed by atoms with van der Waals surface area (Å²) in [6.07, 6.45) is 1.52. The number of amides is 1. The van der Waals surface area contributed by atoms with E-state index in [-0.39, 0.29) is 5.92 Å². The number of carbonyl (C=O) groups is 1. The van der Waals surface area contributed by atoms with Crippen LogP contribution in [0.25, 0.3) is 11.1 Å². The van der Waals surface area contributed by atoms with Crippen LogP contribution in [0.5, 0.6) is 11.5 Å². The first-order valence-electron chi connectivity index (χ1n) is 12.1. The number of primary amides is 1. The minimum atomic E-state index is -4.21. The molecule has 0 bridgehead atoms. The molecule has 3 aliphatic rings. The van der Waals surface area contributed by atoms with E-state index in [2.05, 4.69) is 9.88 Å². The molecule has 2 saturated heterocycles. The monoisotopic (exact) mass is 490 g/mol. The van der Waals surface area contributed by atoms with Crippen molar-refractivity contribution in [2.45, 2.75) is 44.6 Å². The van der Waals surface area contributed by atoms with Crippen LogP contribution in [-0.4, -0.2) is 61.0 Å². The van der Waals surface area contributed by atoms with Crippen LogP contribution in [0.3, 0.4) is 0 Å². The van der Waals surface area contributed by atoms with Gasteiger partial charge in [-0.15, -0.1) is 0 Å². The molecule has 0 radical (unpaired) electrons. The van der Waals surface area contributed by atoms with Crippen LogP contribution in [0.4, 0.5) is 19.0 Å². The fourth-order valence-corrected chi connectivity index (χ4v) is 5.12. The Bertz CT molecular complexity index is 1060. The van der Waals surface area contributed by atoms with E-state index in [0.717, 1.165) is 37.3 Å². The van der Waals surface area contributed by atoms with Gasteiger partial charge in [0.15, 0.2) is 11.5 Å². The van der Waals surface area contributed by atoms with Gasteiger partial charge in [-0.2, -0.15) is 13.2 Å². The number of carbonyl (C=O) groups excluding carboxylic acids is 1. The third-order valence-electron chi connectivity index (χ3n) is 6.98. The number of halogens is 3. The van der Waals surface area contributed by atoms with Gasteiger partial charge in [-0.3, -0.25) is 9.69 Å². The number of aromatic nitrogens is 1. The highest BCUT2D eigenvalue weighted by atomic mass is 19.4. The SMILES string of the molecule is NC(=O)c1cc2c(c(-c3ccc(N4CCCCC4)nc3)c1)OC(C1CCN(CC(F)(F)F)CC1)O2. The van der Waals surface area contributed by atoms with E-state index < -0.39 is 24.9 Å². The average molecular weight is 491 g/mol. The summed E-state index contributed by atoms with van der Waals surface area (Å²) in [5.41, 5.74) is 7.29.